The highest BCUT2D eigenvalue weighted by molar-refractivity contribution is 6.06. The van der Waals surface area contributed by atoms with E-state index in [4.69, 9.17) is 4.98 Å². The summed E-state index contributed by atoms with van der Waals surface area (Å²) < 4.78 is 29.2. The van der Waals surface area contributed by atoms with Crippen LogP contribution in [0.3, 0.4) is 0 Å². The molecule has 0 bridgehead atoms. The number of hydrogen-bond donors (Lipinski definition) is 1. The van der Waals surface area contributed by atoms with Crippen molar-refractivity contribution >= 4 is 17.4 Å². The van der Waals surface area contributed by atoms with Gasteiger partial charge < -0.3 is 10.2 Å². The van der Waals surface area contributed by atoms with Gasteiger partial charge in [-0.1, -0.05) is 6.92 Å². The molecular weight excluding hydrogens is 390 g/mol. The van der Waals surface area contributed by atoms with Crippen LogP contribution >= 0.6 is 0 Å². The third kappa shape index (κ3) is 2.68. The fraction of sp³-hybridized carbons (Fsp3) is 0.333. The van der Waals surface area contributed by atoms with Crippen LogP contribution in [0.25, 0.3) is 17.3 Å². The Kier molecular flexibility index (Phi) is 4.27. The van der Waals surface area contributed by atoms with E-state index in [2.05, 4.69) is 20.2 Å². The van der Waals surface area contributed by atoms with Crippen molar-refractivity contribution in [1.29, 1.82) is 0 Å². The number of anilines is 2. The molecule has 0 saturated carbocycles. The summed E-state index contributed by atoms with van der Waals surface area (Å²) in [6.07, 6.45) is 8.12. The van der Waals surface area contributed by atoms with E-state index in [9.17, 15) is 13.6 Å². The summed E-state index contributed by atoms with van der Waals surface area (Å²) >= 11 is 0. The Morgan fingerprint density at radius 1 is 1.23 bits per heavy atom. The van der Waals surface area contributed by atoms with Gasteiger partial charge in [-0.05, 0) is 37.8 Å². The predicted molar refractivity (Wildman–Crippen MR) is 107 cm³/mol. The van der Waals surface area contributed by atoms with Crippen LogP contribution in [-0.2, 0) is 4.79 Å². The molecule has 1 aromatic carbocycles. The van der Waals surface area contributed by atoms with Gasteiger partial charge in [0, 0.05) is 25.0 Å². The minimum atomic E-state index is -0.714. The molecule has 5 rings (SSSR count). The molecule has 2 aromatic heterocycles. The first kappa shape index (κ1) is 18.7. The smallest absolute Gasteiger partial charge is 0.250 e. The highest BCUT2D eigenvalue weighted by Crippen LogP contribution is 2.42. The van der Waals surface area contributed by atoms with Gasteiger partial charge >= 0.3 is 0 Å². The number of hydrogen-bond acceptors (Lipinski definition) is 5. The van der Waals surface area contributed by atoms with Crippen molar-refractivity contribution in [3.05, 3.63) is 48.4 Å². The Morgan fingerprint density at radius 3 is 2.90 bits per heavy atom. The predicted octanol–water partition coefficient (Wildman–Crippen LogP) is 3.70. The summed E-state index contributed by atoms with van der Waals surface area (Å²) in [7, 11) is 0. The molecule has 1 atom stereocenters. The zero-order valence-corrected chi connectivity index (χ0v) is 16.4. The molecule has 4 heterocycles. The van der Waals surface area contributed by atoms with Gasteiger partial charge in [0.1, 0.15) is 28.7 Å². The van der Waals surface area contributed by atoms with Gasteiger partial charge in [-0.25, -0.2) is 18.7 Å². The van der Waals surface area contributed by atoms with Crippen molar-refractivity contribution in [2.45, 2.75) is 38.1 Å². The number of aromatic nitrogens is 4. The van der Waals surface area contributed by atoms with E-state index in [1.54, 1.807) is 17.0 Å². The lowest BCUT2D eigenvalue weighted by Gasteiger charge is -2.49. The molecule has 2 aliphatic heterocycles. The number of piperidine rings is 1. The van der Waals surface area contributed by atoms with Crippen LogP contribution in [0.4, 0.5) is 20.3 Å². The molecule has 0 spiro atoms. The molecule has 1 amide bonds. The number of nitrogens with one attached hydrogen (secondary N) is 1. The fourth-order valence-corrected chi connectivity index (χ4v) is 4.46. The minimum Gasteiger partial charge on any atom is -0.340 e. The van der Waals surface area contributed by atoms with Crippen molar-refractivity contribution in [3.63, 3.8) is 0 Å². The van der Waals surface area contributed by atoms with Crippen LogP contribution in [-0.4, -0.2) is 37.5 Å². The Balaban J connectivity index is 1.62. The number of carbonyl (C=O) groups excluding carboxylic acids is 1. The summed E-state index contributed by atoms with van der Waals surface area (Å²) in [5.74, 6) is -0.167. The standard InChI is InChI=1S/C21H20F2N6O/c1-2-21-7-3-4-9-29(21)18-16(26-19(21)30)12-25-20(27-18)28-10-8-24-17(28)14-6-5-13(22)11-15(14)23/h5-6,8,10-12H,2-4,7,9H2,1H3,(H,26,30)/t21-/m0/s1. The number of carbonyl (C=O) groups is 1. The summed E-state index contributed by atoms with van der Waals surface area (Å²) in [4.78, 5) is 28.3. The zero-order chi connectivity index (χ0) is 20.9. The largest absolute Gasteiger partial charge is 0.340 e. The van der Waals surface area contributed by atoms with Gasteiger partial charge in [0.2, 0.25) is 11.9 Å². The van der Waals surface area contributed by atoms with Crippen molar-refractivity contribution in [1.82, 2.24) is 19.5 Å². The summed E-state index contributed by atoms with van der Waals surface area (Å²) in [6.45, 7) is 2.74. The van der Waals surface area contributed by atoms with E-state index in [1.807, 2.05) is 6.92 Å². The van der Waals surface area contributed by atoms with E-state index in [0.717, 1.165) is 31.9 Å². The van der Waals surface area contributed by atoms with E-state index >= 15 is 0 Å². The number of imidazole rings is 1. The highest BCUT2D eigenvalue weighted by Gasteiger charge is 2.48. The van der Waals surface area contributed by atoms with E-state index < -0.39 is 17.2 Å². The van der Waals surface area contributed by atoms with E-state index in [-0.39, 0.29) is 17.3 Å². The van der Waals surface area contributed by atoms with Gasteiger partial charge in [-0.3, -0.25) is 9.36 Å². The third-order valence-electron chi connectivity index (χ3n) is 6.03. The summed E-state index contributed by atoms with van der Waals surface area (Å²) in [5.41, 5.74) is 0.0961. The molecule has 0 unspecified atom stereocenters. The molecule has 2 aliphatic rings. The second-order valence-corrected chi connectivity index (χ2v) is 7.60. The molecule has 0 radical (unpaired) electrons. The molecule has 7 nitrogen and oxygen atoms in total. The molecule has 1 fully saturated rings. The lowest BCUT2D eigenvalue weighted by atomic mass is 9.82. The SMILES string of the molecule is CC[C@@]12CCCCN1c1nc(-n3ccnc3-c3ccc(F)cc3F)ncc1NC2=O. The maximum Gasteiger partial charge on any atom is 0.250 e. The molecule has 3 aromatic rings. The molecule has 9 heteroatoms. The molecular formula is C21H20F2N6O. The molecule has 1 saturated heterocycles. The Labute approximate surface area is 171 Å². The first-order valence-corrected chi connectivity index (χ1v) is 9.99. The van der Waals surface area contributed by atoms with Crippen LogP contribution in [0.2, 0.25) is 0 Å². The molecule has 30 heavy (non-hydrogen) atoms. The Morgan fingerprint density at radius 2 is 2.10 bits per heavy atom. The lowest BCUT2D eigenvalue weighted by molar-refractivity contribution is -0.122. The average molecular weight is 410 g/mol. The number of fused-ring (bicyclic) bond motifs is 3. The van der Waals surface area contributed by atoms with E-state index in [1.165, 1.54) is 18.3 Å². The van der Waals surface area contributed by atoms with Crippen molar-refractivity contribution < 1.29 is 13.6 Å². The number of amides is 1. The normalized spacial score (nSPS) is 20.5. The van der Waals surface area contributed by atoms with Gasteiger partial charge in [0.25, 0.3) is 0 Å². The topological polar surface area (TPSA) is 75.9 Å². The molecule has 1 N–H and O–H groups in total. The first-order valence-electron chi connectivity index (χ1n) is 9.99. The van der Waals surface area contributed by atoms with Gasteiger partial charge in [0.15, 0.2) is 5.82 Å². The van der Waals surface area contributed by atoms with E-state index in [0.29, 0.717) is 23.9 Å². The van der Waals surface area contributed by atoms with Gasteiger partial charge in [-0.15, -0.1) is 0 Å². The molecule has 154 valence electrons. The van der Waals surface area contributed by atoms with Crippen LogP contribution in [0, 0.1) is 11.6 Å². The second-order valence-electron chi connectivity index (χ2n) is 7.60. The quantitative estimate of drug-likeness (QED) is 0.713. The van der Waals surface area contributed by atoms with Crippen LogP contribution in [0.5, 0.6) is 0 Å². The van der Waals surface area contributed by atoms with Crippen molar-refractivity contribution in [2.75, 3.05) is 16.8 Å². The van der Waals surface area contributed by atoms with Crippen molar-refractivity contribution in [3.8, 4) is 17.3 Å². The number of nitrogens with zero attached hydrogens (tertiary/aromatic N) is 5. The zero-order valence-electron chi connectivity index (χ0n) is 16.4. The maximum absolute atomic E-state index is 14.4. The summed E-state index contributed by atoms with van der Waals surface area (Å²) in [6, 6.07) is 3.35. The second kappa shape index (κ2) is 6.86. The van der Waals surface area contributed by atoms with Crippen LogP contribution < -0.4 is 10.2 Å². The van der Waals surface area contributed by atoms with Gasteiger partial charge in [-0.2, -0.15) is 4.98 Å². The average Bonchev–Trinajstić information content (AvgIpc) is 3.23. The minimum absolute atomic E-state index is 0.0229. The highest BCUT2D eigenvalue weighted by atomic mass is 19.1. The Bertz CT molecular complexity index is 1150. The molecule has 0 aliphatic carbocycles. The third-order valence-corrected chi connectivity index (χ3v) is 6.03. The monoisotopic (exact) mass is 410 g/mol. The van der Waals surface area contributed by atoms with Gasteiger partial charge in [0.05, 0.1) is 11.8 Å². The van der Waals surface area contributed by atoms with Crippen molar-refractivity contribution in [2.24, 2.45) is 0 Å². The lowest BCUT2D eigenvalue weighted by Crippen LogP contribution is -2.62. The first-order chi connectivity index (χ1) is 14.5. The number of halogens is 2. The van der Waals surface area contributed by atoms with Crippen LogP contribution in [0.15, 0.2) is 36.8 Å². The number of rotatable bonds is 3. The Hall–Kier alpha value is -3.36. The number of benzene rings is 1. The van der Waals surface area contributed by atoms with Crippen LogP contribution in [0.1, 0.15) is 32.6 Å². The maximum atomic E-state index is 14.4. The summed E-state index contributed by atoms with van der Waals surface area (Å²) in [5, 5.41) is 2.95. The fourth-order valence-electron chi connectivity index (χ4n) is 4.46.